The van der Waals surface area contributed by atoms with Gasteiger partial charge in [-0.3, -0.25) is 4.90 Å². The van der Waals surface area contributed by atoms with Crippen molar-refractivity contribution in [3.63, 3.8) is 0 Å². The van der Waals surface area contributed by atoms with Gasteiger partial charge in [-0.1, -0.05) is 37.5 Å². The lowest BCUT2D eigenvalue weighted by molar-refractivity contribution is 0.221. The van der Waals surface area contributed by atoms with Gasteiger partial charge in [0.15, 0.2) is 5.82 Å². The molecular weight excluding hydrogens is 380 g/mol. The van der Waals surface area contributed by atoms with Crippen molar-refractivity contribution >= 4 is 0 Å². The molecule has 2 heterocycles. The van der Waals surface area contributed by atoms with Crippen LogP contribution in [0.3, 0.4) is 0 Å². The SMILES string of the molecule is CC(C)c1cc(-c2nnc(O)n2-c2ccc(CN3CCCCC3)cc2)c(O)cc1O. The predicted octanol–water partition coefficient (Wildman–Crippen LogP) is 4.16. The second-order valence-corrected chi connectivity index (χ2v) is 8.25. The number of benzene rings is 2. The number of rotatable bonds is 5. The van der Waals surface area contributed by atoms with Crippen LogP contribution in [0.2, 0.25) is 0 Å². The highest BCUT2D eigenvalue weighted by Gasteiger charge is 2.21. The van der Waals surface area contributed by atoms with E-state index >= 15 is 0 Å². The standard InChI is InChI=1S/C23H28N4O3/c1-15(2)18-12-19(21(29)13-20(18)28)22-24-25-23(30)27(22)17-8-6-16(7-9-17)14-26-10-4-3-5-11-26/h6-9,12-13,15,28-29H,3-5,10-11,14H2,1-2H3,(H,25,30). The van der Waals surface area contributed by atoms with Crippen molar-refractivity contribution in [2.75, 3.05) is 13.1 Å². The summed E-state index contributed by atoms with van der Waals surface area (Å²) in [5.41, 5.74) is 3.01. The van der Waals surface area contributed by atoms with Gasteiger partial charge in [0.25, 0.3) is 0 Å². The molecule has 1 aliphatic rings. The zero-order chi connectivity index (χ0) is 21.3. The number of hydrogen-bond donors (Lipinski definition) is 3. The molecule has 0 spiro atoms. The van der Waals surface area contributed by atoms with Crippen LogP contribution in [-0.2, 0) is 6.54 Å². The van der Waals surface area contributed by atoms with Gasteiger partial charge in [-0.05, 0) is 61.2 Å². The zero-order valence-corrected chi connectivity index (χ0v) is 17.4. The minimum atomic E-state index is -0.257. The molecule has 1 aromatic heterocycles. The number of aromatic nitrogens is 3. The highest BCUT2D eigenvalue weighted by Crippen LogP contribution is 2.38. The Morgan fingerprint density at radius 1 is 0.900 bits per heavy atom. The van der Waals surface area contributed by atoms with Gasteiger partial charge < -0.3 is 15.3 Å². The molecule has 2 aromatic carbocycles. The van der Waals surface area contributed by atoms with E-state index in [1.807, 2.05) is 38.1 Å². The summed E-state index contributed by atoms with van der Waals surface area (Å²) < 4.78 is 1.50. The fourth-order valence-electron chi connectivity index (χ4n) is 4.05. The van der Waals surface area contributed by atoms with Gasteiger partial charge in [0.05, 0.1) is 11.3 Å². The lowest BCUT2D eigenvalue weighted by Crippen LogP contribution is -2.29. The first kappa shape index (κ1) is 20.2. The van der Waals surface area contributed by atoms with E-state index in [1.54, 1.807) is 6.07 Å². The van der Waals surface area contributed by atoms with Crippen LogP contribution in [-0.4, -0.2) is 48.1 Å². The van der Waals surface area contributed by atoms with E-state index in [4.69, 9.17) is 0 Å². The zero-order valence-electron chi connectivity index (χ0n) is 17.4. The lowest BCUT2D eigenvalue weighted by atomic mass is 9.98. The van der Waals surface area contributed by atoms with Crippen LogP contribution in [0, 0.1) is 0 Å². The molecule has 4 rings (SSSR count). The third kappa shape index (κ3) is 3.98. The highest BCUT2D eigenvalue weighted by molar-refractivity contribution is 5.69. The van der Waals surface area contributed by atoms with E-state index in [-0.39, 0.29) is 23.4 Å². The van der Waals surface area contributed by atoms with E-state index in [0.717, 1.165) is 19.6 Å². The molecule has 7 nitrogen and oxygen atoms in total. The largest absolute Gasteiger partial charge is 0.508 e. The molecule has 0 saturated carbocycles. The van der Waals surface area contributed by atoms with E-state index in [0.29, 0.717) is 22.6 Å². The molecule has 30 heavy (non-hydrogen) atoms. The maximum absolute atomic E-state index is 10.4. The number of phenolic OH excluding ortho intramolecular Hbond substituents is 2. The third-order valence-electron chi connectivity index (χ3n) is 5.70. The molecule has 0 atom stereocenters. The predicted molar refractivity (Wildman–Crippen MR) is 115 cm³/mol. The van der Waals surface area contributed by atoms with Gasteiger partial charge in [-0.15, -0.1) is 5.10 Å². The van der Waals surface area contributed by atoms with E-state index in [1.165, 1.54) is 35.5 Å². The summed E-state index contributed by atoms with van der Waals surface area (Å²) in [5.74, 6) is 0.287. The molecule has 1 saturated heterocycles. The molecular formula is C23H28N4O3. The van der Waals surface area contributed by atoms with Crippen molar-refractivity contribution < 1.29 is 15.3 Å². The molecule has 0 bridgehead atoms. The quantitative estimate of drug-likeness (QED) is 0.587. The minimum Gasteiger partial charge on any atom is -0.508 e. The molecule has 0 aliphatic carbocycles. The number of piperidine rings is 1. The molecule has 0 unspecified atom stereocenters. The molecule has 1 fully saturated rings. The normalized spacial score (nSPS) is 15.0. The fourth-order valence-corrected chi connectivity index (χ4v) is 4.05. The Morgan fingerprint density at radius 2 is 1.60 bits per heavy atom. The van der Waals surface area contributed by atoms with Gasteiger partial charge in [0.2, 0.25) is 0 Å². The molecule has 0 amide bonds. The lowest BCUT2D eigenvalue weighted by Gasteiger charge is -2.26. The number of likely N-dealkylation sites (tertiary alicyclic amines) is 1. The van der Waals surface area contributed by atoms with Gasteiger partial charge >= 0.3 is 6.01 Å². The maximum Gasteiger partial charge on any atom is 0.319 e. The van der Waals surface area contributed by atoms with Gasteiger partial charge in [-0.2, -0.15) is 0 Å². The third-order valence-corrected chi connectivity index (χ3v) is 5.70. The molecule has 3 aromatic rings. The Kier molecular flexibility index (Phi) is 5.63. The maximum atomic E-state index is 10.4. The Balaban J connectivity index is 1.67. The van der Waals surface area contributed by atoms with Gasteiger partial charge in [-0.25, -0.2) is 4.57 Å². The van der Waals surface area contributed by atoms with E-state index in [2.05, 4.69) is 15.1 Å². The van der Waals surface area contributed by atoms with Crippen LogP contribution in [0.4, 0.5) is 0 Å². The van der Waals surface area contributed by atoms with E-state index in [9.17, 15) is 15.3 Å². The first-order chi connectivity index (χ1) is 14.4. The highest BCUT2D eigenvalue weighted by atomic mass is 16.3. The second kappa shape index (κ2) is 8.36. The van der Waals surface area contributed by atoms with E-state index < -0.39 is 0 Å². The molecule has 7 heteroatoms. The van der Waals surface area contributed by atoms with Crippen molar-refractivity contribution in [3.8, 4) is 34.6 Å². The Labute approximate surface area is 176 Å². The summed E-state index contributed by atoms with van der Waals surface area (Å²) in [6, 6.07) is 10.7. The Hall–Kier alpha value is -3.06. The second-order valence-electron chi connectivity index (χ2n) is 8.25. The number of phenols is 2. The molecule has 158 valence electrons. The monoisotopic (exact) mass is 408 g/mol. The van der Waals surface area contributed by atoms with Gasteiger partial charge in [0.1, 0.15) is 11.5 Å². The topological polar surface area (TPSA) is 94.6 Å². The molecule has 0 radical (unpaired) electrons. The average Bonchev–Trinajstić information content (AvgIpc) is 3.10. The van der Waals surface area contributed by atoms with Crippen molar-refractivity contribution in [3.05, 3.63) is 47.5 Å². The molecule has 3 N–H and O–H groups in total. The summed E-state index contributed by atoms with van der Waals surface area (Å²) >= 11 is 0. The van der Waals surface area contributed by atoms with Crippen molar-refractivity contribution in [2.24, 2.45) is 0 Å². The summed E-state index contributed by atoms with van der Waals surface area (Å²) in [5, 5.41) is 38.8. The fraction of sp³-hybridized carbons (Fsp3) is 0.391. The molecule has 1 aliphatic heterocycles. The van der Waals surface area contributed by atoms with Crippen LogP contribution >= 0.6 is 0 Å². The van der Waals surface area contributed by atoms with Crippen molar-refractivity contribution in [1.29, 1.82) is 0 Å². The summed E-state index contributed by atoms with van der Waals surface area (Å²) in [7, 11) is 0. The Bertz CT molecular complexity index is 1020. The average molecular weight is 409 g/mol. The van der Waals surface area contributed by atoms with Crippen LogP contribution in [0.15, 0.2) is 36.4 Å². The van der Waals surface area contributed by atoms with Gasteiger partial charge in [0, 0.05) is 12.6 Å². The van der Waals surface area contributed by atoms with Crippen LogP contribution in [0.25, 0.3) is 17.1 Å². The number of aromatic hydroxyl groups is 3. The summed E-state index contributed by atoms with van der Waals surface area (Å²) in [4.78, 5) is 2.46. The summed E-state index contributed by atoms with van der Waals surface area (Å²) in [6.45, 7) is 7.10. The van der Waals surface area contributed by atoms with Crippen LogP contribution in [0.1, 0.15) is 50.2 Å². The van der Waals surface area contributed by atoms with Crippen molar-refractivity contribution in [2.45, 2.75) is 45.6 Å². The smallest absolute Gasteiger partial charge is 0.319 e. The first-order valence-electron chi connectivity index (χ1n) is 10.5. The van der Waals surface area contributed by atoms with Crippen molar-refractivity contribution in [1.82, 2.24) is 19.7 Å². The Morgan fingerprint density at radius 3 is 2.27 bits per heavy atom. The first-order valence-corrected chi connectivity index (χ1v) is 10.5. The van der Waals surface area contributed by atoms with Crippen LogP contribution < -0.4 is 0 Å². The van der Waals surface area contributed by atoms with Crippen LogP contribution in [0.5, 0.6) is 17.5 Å². The minimum absolute atomic E-state index is 0.0311. The summed E-state index contributed by atoms with van der Waals surface area (Å²) in [6.07, 6.45) is 3.82. The number of hydrogen-bond acceptors (Lipinski definition) is 6. The number of nitrogens with zero attached hydrogens (tertiary/aromatic N) is 4.